The van der Waals surface area contributed by atoms with Gasteiger partial charge in [-0.05, 0) is 18.2 Å². The minimum Gasteiger partial charge on any atom is -0.478 e. The molecule has 0 fully saturated rings. The minimum atomic E-state index is -3.25. The second-order valence-electron chi connectivity index (χ2n) is 3.00. The molecule has 0 spiro atoms. The number of hydrogen-bond acceptors (Lipinski definition) is 3. The van der Waals surface area contributed by atoms with Crippen LogP contribution in [0.3, 0.4) is 0 Å². The van der Waals surface area contributed by atoms with E-state index >= 15 is 0 Å². The smallest absolute Gasteiger partial charge is 0.387 e. The van der Waals surface area contributed by atoms with Crippen molar-refractivity contribution in [2.45, 2.75) is 6.61 Å². The summed E-state index contributed by atoms with van der Waals surface area (Å²) in [7, 11) is 0. The maximum atomic E-state index is 13.2. The van der Waals surface area contributed by atoms with Crippen LogP contribution < -0.4 is 4.74 Å². The molecular formula is C11H6F3NO3. The van der Waals surface area contributed by atoms with Gasteiger partial charge in [-0.3, -0.25) is 0 Å². The molecule has 1 aromatic carbocycles. The van der Waals surface area contributed by atoms with E-state index in [4.69, 9.17) is 10.4 Å². The number of carbonyl (C=O) groups is 1. The third-order valence-electron chi connectivity index (χ3n) is 1.86. The van der Waals surface area contributed by atoms with Crippen molar-refractivity contribution in [2.24, 2.45) is 0 Å². The molecule has 1 aromatic rings. The van der Waals surface area contributed by atoms with Gasteiger partial charge in [-0.1, -0.05) is 0 Å². The molecule has 0 atom stereocenters. The van der Waals surface area contributed by atoms with Crippen LogP contribution in [-0.2, 0) is 4.79 Å². The third kappa shape index (κ3) is 3.25. The molecule has 0 amide bonds. The highest BCUT2D eigenvalue weighted by Crippen LogP contribution is 2.28. The van der Waals surface area contributed by atoms with E-state index in [1.807, 2.05) is 0 Å². The Labute approximate surface area is 99.5 Å². The Balaban J connectivity index is 3.33. The Bertz CT molecular complexity index is 535. The molecule has 94 valence electrons. The number of nitrogens with zero attached hydrogens (tertiary/aromatic N) is 1. The van der Waals surface area contributed by atoms with Crippen molar-refractivity contribution in [1.29, 1.82) is 5.26 Å². The van der Waals surface area contributed by atoms with Gasteiger partial charge in [0.2, 0.25) is 0 Å². The average molecular weight is 257 g/mol. The first kappa shape index (κ1) is 13.6. The molecule has 4 nitrogen and oxygen atoms in total. The normalized spacial score (nSPS) is 10.6. The number of benzene rings is 1. The van der Waals surface area contributed by atoms with Crippen LogP contribution >= 0.6 is 0 Å². The van der Waals surface area contributed by atoms with Crippen molar-refractivity contribution in [2.75, 3.05) is 0 Å². The van der Waals surface area contributed by atoms with Crippen LogP contribution in [-0.4, -0.2) is 17.7 Å². The maximum absolute atomic E-state index is 13.2. The van der Waals surface area contributed by atoms with Gasteiger partial charge in [-0.2, -0.15) is 14.0 Å². The summed E-state index contributed by atoms with van der Waals surface area (Å²) in [4.78, 5) is 10.3. The number of halogens is 3. The number of carboxylic acids is 1. The highest BCUT2D eigenvalue weighted by molar-refractivity contribution is 5.86. The van der Waals surface area contributed by atoms with E-state index in [2.05, 4.69) is 4.74 Å². The predicted octanol–water partition coefficient (Wildman–Crippen LogP) is 2.40. The van der Waals surface area contributed by atoms with Gasteiger partial charge in [0.1, 0.15) is 17.4 Å². The zero-order valence-corrected chi connectivity index (χ0v) is 8.73. The van der Waals surface area contributed by atoms with Crippen LogP contribution in [0.5, 0.6) is 5.75 Å². The minimum absolute atomic E-state index is 0.129. The Morgan fingerprint density at radius 2 is 2.17 bits per heavy atom. The summed E-state index contributed by atoms with van der Waals surface area (Å²) < 4.78 is 41.5. The first-order valence-electron chi connectivity index (χ1n) is 4.54. The fourth-order valence-electron chi connectivity index (χ4n) is 1.19. The van der Waals surface area contributed by atoms with Gasteiger partial charge in [0.25, 0.3) is 0 Å². The highest BCUT2D eigenvalue weighted by atomic mass is 19.3. The second kappa shape index (κ2) is 5.72. The molecule has 0 saturated heterocycles. The van der Waals surface area contributed by atoms with Gasteiger partial charge in [0.15, 0.2) is 5.75 Å². The monoisotopic (exact) mass is 257 g/mol. The number of alkyl halides is 2. The number of carboxylic acid groups (broad SMARTS) is 1. The largest absolute Gasteiger partial charge is 0.478 e. The Hall–Kier alpha value is -2.49. The van der Waals surface area contributed by atoms with Gasteiger partial charge in [-0.25, -0.2) is 9.18 Å². The van der Waals surface area contributed by atoms with E-state index in [0.29, 0.717) is 6.08 Å². The molecule has 0 unspecified atom stereocenters. The molecule has 0 aliphatic rings. The standard InChI is InChI=1S/C11H6F3NO3/c12-8-3-1-6(2-4-9(16)17)10(7(8)5-15)18-11(13)14/h1-4,11H,(H,16,17)/b4-2+. The van der Waals surface area contributed by atoms with Gasteiger partial charge in [0, 0.05) is 11.6 Å². The fraction of sp³-hybridized carbons (Fsp3) is 0.0909. The van der Waals surface area contributed by atoms with E-state index in [1.54, 1.807) is 0 Å². The first-order valence-corrected chi connectivity index (χ1v) is 4.54. The van der Waals surface area contributed by atoms with Crippen molar-refractivity contribution in [3.63, 3.8) is 0 Å². The lowest BCUT2D eigenvalue weighted by molar-refractivity contribution is -0.131. The molecule has 0 aliphatic carbocycles. The summed E-state index contributed by atoms with van der Waals surface area (Å²) in [6, 6.07) is 3.28. The van der Waals surface area contributed by atoms with Crippen LogP contribution in [0.25, 0.3) is 6.08 Å². The molecule has 7 heteroatoms. The summed E-state index contributed by atoms with van der Waals surface area (Å²) in [5.41, 5.74) is -0.835. The maximum Gasteiger partial charge on any atom is 0.387 e. The van der Waals surface area contributed by atoms with Crippen molar-refractivity contribution in [3.8, 4) is 11.8 Å². The zero-order chi connectivity index (χ0) is 13.7. The number of rotatable bonds is 4. The van der Waals surface area contributed by atoms with Crippen molar-refractivity contribution >= 4 is 12.0 Å². The van der Waals surface area contributed by atoms with Gasteiger partial charge < -0.3 is 9.84 Å². The Morgan fingerprint density at radius 3 is 2.67 bits per heavy atom. The number of ether oxygens (including phenoxy) is 1. The third-order valence-corrected chi connectivity index (χ3v) is 1.86. The fourth-order valence-corrected chi connectivity index (χ4v) is 1.19. The lowest BCUT2D eigenvalue weighted by Crippen LogP contribution is -2.06. The number of aliphatic carboxylic acids is 1. The van der Waals surface area contributed by atoms with Crippen molar-refractivity contribution < 1.29 is 27.8 Å². The van der Waals surface area contributed by atoms with Crippen molar-refractivity contribution in [3.05, 3.63) is 35.2 Å². The molecule has 0 aromatic heterocycles. The van der Waals surface area contributed by atoms with Gasteiger partial charge in [-0.15, -0.1) is 0 Å². The summed E-state index contributed by atoms with van der Waals surface area (Å²) >= 11 is 0. The van der Waals surface area contributed by atoms with E-state index in [1.165, 1.54) is 6.07 Å². The SMILES string of the molecule is N#Cc1c(F)ccc(/C=C/C(=O)O)c1OC(F)F. The second-order valence-corrected chi connectivity index (χ2v) is 3.00. The molecule has 0 radical (unpaired) electrons. The Kier molecular flexibility index (Phi) is 4.32. The quantitative estimate of drug-likeness (QED) is 0.841. The summed E-state index contributed by atoms with van der Waals surface area (Å²) in [6.45, 7) is -3.25. The van der Waals surface area contributed by atoms with Gasteiger partial charge >= 0.3 is 12.6 Å². The van der Waals surface area contributed by atoms with Crippen molar-refractivity contribution in [1.82, 2.24) is 0 Å². The molecule has 1 rings (SSSR count). The number of hydrogen-bond donors (Lipinski definition) is 1. The highest BCUT2D eigenvalue weighted by Gasteiger charge is 2.17. The lowest BCUT2D eigenvalue weighted by atomic mass is 10.1. The van der Waals surface area contributed by atoms with Crippen LogP contribution in [0, 0.1) is 17.1 Å². The topological polar surface area (TPSA) is 70.3 Å². The summed E-state index contributed by atoms with van der Waals surface area (Å²) in [5, 5.41) is 17.1. The van der Waals surface area contributed by atoms with Crippen LogP contribution in [0.4, 0.5) is 13.2 Å². The van der Waals surface area contributed by atoms with E-state index in [-0.39, 0.29) is 5.56 Å². The molecule has 0 aliphatic heterocycles. The summed E-state index contributed by atoms with van der Waals surface area (Å²) in [5.74, 6) is -3.04. The molecule has 18 heavy (non-hydrogen) atoms. The van der Waals surface area contributed by atoms with E-state index in [9.17, 15) is 18.0 Å². The molecular weight excluding hydrogens is 251 g/mol. The average Bonchev–Trinajstić information content (AvgIpc) is 2.27. The molecule has 1 N–H and O–H groups in total. The first-order chi connectivity index (χ1) is 8.45. The number of nitriles is 1. The molecule has 0 bridgehead atoms. The molecule has 0 saturated carbocycles. The predicted molar refractivity (Wildman–Crippen MR) is 54.4 cm³/mol. The van der Waals surface area contributed by atoms with Gasteiger partial charge in [0.05, 0.1) is 0 Å². The zero-order valence-electron chi connectivity index (χ0n) is 8.73. The van der Waals surface area contributed by atoms with Crippen LogP contribution in [0.1, 0.15) is 11.1 Å². The van der Waals surface area contributed by atoms with E-state index < -0.39 is 29.7 Å². The summed E-state index contributed by atoms with van der Waals surface area (Å²) in [6.07, 6.45) is 1.59. The van der Waals surface area contributed by atoms with Crippen LogP contribution in [0.2, 0.25) is 0 Å². The Morgan fingerprint density at radius 1 is 1.50 bits per heavy atom. The van der Waals surface area contributed by atoms with E-state index in [0.717, 1.165) is 18.2 Å². The van der Waals surface area contributed by atoms with Crippen LogP contribution in [0.15, 0.2) is 18.2 Å². The lowest BCUT2D eigenvalue weighted by Gasteiger charge is -2.10. The molecule has 0 heterocycles.